The number of nitriles is 1. The largest absolute Gasteiger partial charge is 0.371 e. The molecule has 2 aliphatic rings. The predicted octanol–water partition coefficient (Wildman–Crippen LogP) is 1.69. The monoisotopic (exact) mass is 288 g/mol. The van der Waals surface area contributed by atoms with E-state index >= 15 is 0 Å². The first-order valence-corrected chi connectivity index (χ1v) is 7.42. The van der Waals surface area contributed by atoms with E-state index < -0.39 is 0 Å². The summed E-state index contributed by atoms with van der Waals surface area (Å²) >= 11 is 0. The normalized spacial score (nSPS) is 24.0. The van der Waals surface area contributed by atoms with E-state index in [1.165, 1.54) is 0 Å². The van der Waals surface area contributed by atoms with Crippen molar-refractivity contribution >= 4 is 0 Å². The van der Waals surface area contributed by atoms with Crippen LogP contribution < -0.4 is 0 Å². The Labute approximate surface area is 125 Å². The van der Waals surface area contributed by atoms with Crippen LogP contribution >= 0.6 is 0 Å². The number of rotatable bonds is 4. The fraction of sp³-hybridized carbons (Fsp3) is 0.562. The van der Waals surface area contributed by atoms with Gasteiger partial charge in [-0.15, -0.1) is 0 Å². The second-order valence-corrected chi connectivity index (χ2v) is 5.36. The first-order valence-electron chi connectivity index (χ1n) is 7.42. The third-order valence-corrected chi connectivity index (χ3v) is 3.91. The quantitative estimate of drug-likeness (QED) is 0.844. The molecule has 2 heterocycles. The summed E-state index contributed by atoms with van der Waals surface area (Å²) in [6, 6.07) is 9.85. The van der Waals surface area contributed by atoms with Crippen molar-refractivity contribution in [2.45, 2.75) is 18.8 Å². The van der Waals surface area contributed by atoms with E-state index in [0.29, 0.717) is 25.4 Å². The van der Waals surface area contributed by atoms with E-state index in [2.05, 4.69) is 11.0 Å². The summed E-state index contributed by atoms with van der Waals surface area (Å²) in [6.07, 6.45) is 0.885. The van der Waals surface area contributed by atoms with E-state index in [9.17, 15) is 0 Å². The topological polar surface area (TPSA) is 54.7 Å². The van der Waals surface area contributed by atoms with Crippen LogP contribution in [0, 0.1) is 11.3 Å². The highest BCUT2D eigenvalue weighted by atomic mass is 16.7. The molecule has 2 fully saturated rings. The van der Waals surface area contributed by atoms with Crippen molar-refractivity contribution in [2.75, 3.05) is 39.5 Å². The number of hydrogen-bond donors (Lipinski definition) is 0. The van der Waals surface area contributed by atoms with Crippen LogP contribution in [-0.4, -0.2) is 50.6 Å². The minimum atomic E-state index is -0.0480. The second kappa shape index (κ2) is 7.01. The summed E-state index contributed by atoms with van der Waals surface area (Å²) in [5, 5.41) is 8.99. The van der Waals surface area contributed by atoms with Gasteiger partial charge in [-0.25, -0.2) is 0 Å². The number of ether oxygens (including phenoxy) is 3. The first-order chi connectivity index (χ1) is 10.3. The van der Waals surface area contributed by atoms with Crippen molar-refractivity contribution in [3.8, 4) is 6.07 Å². The SMILES string of the molecule is N#Cc1cccc(C2CN(CCC3OCCO3)CCO2)c1. The van der Waals surface area contributed by atoms with Crippen LogP contribution in [-0.2, 0) is 14.2 Å². The maximum absolute atomic E-state index is 8.99. The van der Waals surface area contributed by atoms with Crippen LogP contribution in [0.2, 0.25) is 0 Å². The van der Waals surface area contributed by atoms with Gasteiger partial charge in [-0.05, 0) is 17.7 Å². The molecule has 0 N–H and O–H groups in total. The lowest BCUT2D eigenvalue weighted by Crippen LogP contribution is -2.39. The molecule has 1 aromatic rings. The predicted molar refractivity (Wildman–Crippen MR) is 76.6 cm³/mol. The highest BCUT2D eigenvalue weighted by Crippen LogP contribution is 2.23. The van der Waals surface area contributed by atoms with Crippen molar-refractivity contribution in [1.29, 1.82) is 5.26 Å². The lowest BCUT2D eigenvalue weighted by Gasteiger charge is -2.33. The molecule has 3 rings (SSSR count). The lowest BCUT2D eigenvalue weighted by atomic mass is 10.0. The van der Waals surface area contributed by atoms with E-state index in [-0.39, 0.29) is 12.4 Å². The van der Waals surface area contributed by atoms with Crippen molar-refractivity contribution in [1.82, 2.24) is 4.90 Å². The third kappa shape index (κ3) is 3.80. The number of hydrogen-bond acceptors (Lipinski definition) is 5. The number of morpholine rings is 1. The smallest absolute Gasteiger partial charge is 0.159 e. The third-order valence-electron chi connectivity index (χ3n) is 3.91. The zero-order valence-electron chi connectivity index (χ0n) is 12.0. The number of nitrogens with zero attached hydrogens (tertiary/aromatic N) is 2. The minimum Gasteiger partial charge on any atom is -0.371 e. The Morgan fingerprint density at radius 1 is 1.19 bits per heavy atom. The average molecular weight is 288 g/mol. The second-order valence-electron chi connectivity index (χ2n) is 5.36. The molecule has 0 saturated carbocycles. The molecule has 2 aliphatic heterocycles. The van der Waals surface area contributed by atoms with Gasteiger partial charge in [0, 0.05) is 26.1 Å². The molecule has 2 saturated heterocycles. The fourth-order valence-corrected chi connectivity index (χ4v) is 2.78. The highest BCUT2D eigenvalue weighted by Gasteiger charge is 2.24. The van der Waals surface area contributed by atoms with Crippen LogP contribution in [0.4, 0.5) is 0 Å². The maximum Gasteiger partial charge on any atom is 0.159 e. The summed E-state index contributed by atoms with van der Waals surface area (Å²) in [7, 11) is 0. The van der Waals surface area contributed by atoms with Crippen molar-refractivity contribution in [3.05, 3.63) is 35.4 Å². The molecule has 1 atom stereocenters. The minimum absolute atomic E-state index is 0.0393. The summed E-state index contributed by atoms with van der Waals surface area (Å²) in [5.74, 6) is 0. The van der Waals surface area contributed by atoms with Crippen LogP contribution in [0.1, 0.15) is 23.7 Å². The summed E-state index contributed by atoms with van der Waals surface area (Å²) in [5.41, 5.74) is 1.76. The van der Waals surface area contributed by atoms with Gasteiger partial charge in [-0.1, -0.05) is 12.1 Å². The molecule has 0 amide bonds. The molecule has 0 spiro atoms. The average Bonchev–Trinajstić information content (AvgIpc) is 3.07. The van der Waals surface area contributed by atoms with Gasteiger partial charge < -0.3 is 14.2 Å². The Kier molecular flexibility index (Phi) is 4.84. The molecule has 0 aliphatic carbocycles. The molecule has 1 aromatic carbocycles. The fourth-order valence-electron chi connectivity index (χ4n) is 2.78. The molecule has 1 unspecified atom stereocenters. The van der Waals surface area contributed by atoms with Gasteiger partial charge in [-0.2, -0.15) is 5.26 Å². The summed E-state index contributed by atoms with van der Waals surface area (Å²) in [6.45, 7) is 4.85. The lowest BCUT2D eigenvalue weighted by molar-refractivity contribution is -0.0673. The Bertz CT molecular complexity index is 508. The van der Waals surface area contributed by atoms with Gasteiger partial charge >= 0.3 is 0 Å². The Hall–Kier alpha value is -1.45. The van der Waals surface area contributed by atoms with E-state index in [4.69, 9.17) is 19.5 Å². The molecule has 0 bridgehead atoms. The molecule has 5 nitrogen and oxygen atoms in total. The van der Waals surface area contributed by atoms with Crippen molar-refractivity contribution < 1.29 is 14.2 Å². The zero-order chi connectivity index (χ0) is 14.5. The van der Waals surface area contributed by atoms with Crippen LogP contribution in [0.25, 0.3) is 0 Å². The van der Waals surface area contributed by atoms with Gasteiger partial charge in [0.25, 0.3) is 0 Å². The maximum atomic E-state index is 8.99. The first kappa shape index (κ1) is 14.5. The standard InChI is InChI=1S/C16H20N2O3/c17-11-13-2-1-3-14(10-13)15-12-18(6-7-19-15)5-4-16-20-8-9-21-16/h1-3,10,15-16H,4-9,12H2. The summed E-state index contributed by atoms with van der Waals surface area (Å²) < 4.78 is 16.8. The van der Waals surface area contributed by atoms with Gasteiger partial charge in [0.05, 0.1) is 37.6 Å². The number of benzene rings is 1. The van der Waals surface area contributed by atoms with Gasteiger partial charge in [0.15, 0.2) is 6.29 Å². The molecular weight excluding hydrogens is 268 g/mol. The van der Waals surface area contributed by atoms with Crippen LogP contribution in [0.15, 0.2) is 24.3 Å². The van der Waals surface area contributed by atoms with E-state index in [0.717, 1.165) is 31.6 Å². The Morgan fingerprint density at radius 2 is 2.05 bits per heavy atom. The van der Waals surface area contributed by atoms with Crippen molar-refractivity contribution in [3.63, 3.8) is 0 Å². The van der Waals surface area contributed by atoms with Gasteiger partial charge in [-0.3, -0.25) is 4.90 Å². The molecule has 0 aromatic heterocycles. The van der Waals surface area contributed by atoms with Crippen LogP contribution in [0.5, 0.6) is 0 Å². The Morgan fingerprint density at radius 3 is 2.86 bits per heavy atom. The Balaban J connectivity index is 1.56. The zero-order valence-corrected chi connectivity index (χ0v) is 12.0. The molecule has 5 heteroatoms. The van der Waals surface area contributed by atoms with Crippen LogP contribution in [0.3, 0.4) is 0 Å². The van der Waals surface area contributed by atoms with Gasteiger partial charge in [0.1, 0.15) is 0 Å². The van der Waals surface area contributed by atoms with E-state index in [1.807, 2.05) is 24.3 Å². The molecular formula is C16H20N2O3. The molecule has 21 heavy (non-hydrogen) atoms. The van der Waals surface area contributed by atoms with Crippen molar-refractivity contribution in [2.24, 2.45) is 0 Å². The molecule has 112 valence electrons. The summed E-state index contributed by atoms with van der Waals surface area (Å²) in [4.78, 5) is 2.37. The van der Waals surface area contributed by atoms with E-state index in [1.54, 1.807) is 0 Å². The highest BCUT2D eigenvalue weighted by molar-refractivity contribution is 5.34. The van der Waals surface area contributed by atoms with Gasteiger partial charge in [0.2, 0.25) is 0 Å². The molecule has 0 radical (unpaired) electrons.